The van der Waals surface area contributed by atoms with E-state index in [1.807, 2.05) is 56.4 Å². The monoisotopic (exact) mass is 454 g/mol. The first-order valence-corrected chi connectivity index (χ1v) is 10.7. The van der Waals surface area contributed by atoms with Gasteiger partial charge in [0.2, 0.25) is 0 Å². The van der Waals surface area contributed by atoms with Crippen LogP contribution in [0.15, 0.2) is 53.5 Å². The molecule has 0 radical (unpaired) electrons. The number of aromatic amines is 1. The number of hydrogen-bond donors (Lipinski definition) is 2. The van der Waals surface area contributed by atoms with Crippen molar-refractivity contribution in [3.63, 3.8) is 0 Å². The molecular formula is C25H19ClN6O. The van der Waals surface area contributed by atoms with Gasteiger partial charge in [-0.05, 0) is 35.6 Å². The Morgan fingerprint density at radius 2 is 2.00 bits per heavy atom. The predicted octanol–water partition coefficient (Wildman–Crippen LogP) is 4.44. The highest BCUT2D eigenvalue weighted by Gasteiger charge is 2.22. The molecule has 0 fully saturated rings. The van der Waals surface area contributed by atoms with E-state index in [1.54, 1.807) is 10.9 Å². The third-order valence-electron chi connectivity index (χ3n) is 5.95. The summed E-state index contributed by atoms with van der Waals surface area (Å²) in [5.41, 5.74) is 10.4. The van der Waals surface area contributed by atoms with E-state index >= 15 is 0 Å². The highest BCUT2D eigenvalue weighted by molar-refractivity contribution is 6.38. The van der Waals surface area contributed by atoms with E-state index in [4.69, 9.17) is 17.3 Å². The average Bonchev–Trinajstić information content (AvgIpc) is 3.19. The molecule has 162 valence electrons. The van der Waals surface area contributed by atoms with Crippen LogP contribution in [0.4, 0.5) is 0 Å². The molecule has 33 heavy (non-hydrogen) atoms. The Hall–Kier alpha value is -3.99. The van der Waals surface area contributed by atoms with Crippen molar-refractivity contribution in [1.82, 2.24) is 20.0 Å². The van der Waals surface area contributed by atoms with Crippen LogP contribution in [0.2, 0.25) is 5.02 Å². The minimum absolute atomic E-state index is 0.186. The summed E-state index contributed by atoms with van der Waals surface area (Å²) in [4.78, 5) is 12.4. The molecule has 0 bridgehead atoms. The van der Waals surface area contributed by atoms with Crippen LogP contribution in [0.5, 0.6) is 0 Å². The summed E-state index contributed by atoms with van der Waals surface area (Å²) in [7, 11) is 1.82. The first-order valence-electron chi connectivity index (χ1n) is 10.3. The van der Waals surface area contributed by atoms with Crippen molar-refractivity contribution in [3.05, 3.63) is 80.9 Å². The number of H-pyrrole nitrogens is 1. The van der Waals surface area contributed by atoms with Crippen molar-refractivity contribution in [2.45, 2.75) is 13.5 Å². The molecule has 0 atom stereocenters. The molecule has 0 saturated carbocycles. The summed E-state index contributed by atoms with van der Waals surface area (Å²) in [5, 5.41) is 24.5. The number of nitrogens with two attached hydrogens (primary N) is 1. The van der Waals surface area contributed by atoms with Gasteiger partial charge in [0.25, 0.3) is 5.56 Å². The average molecular weight is 455 g/mol. The number of halogens is 1. The fourth-order valence-electron chi connectivity index (χ4n) is 4.43. The van der Waals surface area contributed by atoms with E-state index in [0.29, 0.717) is 38.3 Å². The van der Waals surface area contributed by atoms with Gasteiger partial charge in [0.1, 0.15) is 0 Å². The van der Waals surface area contributed by atoms with Gasteiger partial charge in [-0.2, -0.15) is 15.5 Å². The van der Waals surface area contributed by atoms with Crippen LogP contribution < -0.4 is 11.3 Å². The number of fused-ring (bicyclic) bond motifs is 2. The van der Waals surface area contributed by atoms with Gasteiger partial charge < -0.3 is 5.73 Å². The SMILES string of the molecule is Cc1cc(-c2cnn(C)c2-c2c(C#N)cc3ccccc3c2Cl)cc2c(CN)n[nH]c(=O)c12. The van der Waals surface area contributed by atoms with Gasteiger partial charge >= 0.3 is 0 Å². The number of nitriles is 1. The molecule has 3 N–H and O–H groups in total. The Kier molecular flexibility index (Phi) is 4.97. The fourth-order valence-corrected chi connectivity index (χ4v) is 4.79. The molecule has 8 heteroatoms. The lowest BCUT2D eigenvalue weighted by Crippen LogP contribution is -2.14. The lowest BCUT2D eigenvalue weighted by atomic mass is 9.93. The van der Waals surface area contributed by atoms with Crippen LogP contribution in [-0.4, -0.2) is 20.0 Å². The number of aromatic nitrogens is 4. The van der Waals surface area contributed by atoms with E-state index in [-0.39, 0.29) is 12.1 Å². The Labute approximate surface area is 194 Å². The molecule has 2 aromatic heterocycles. The lowest BCUT2D eigenvalue weighted by molar-refractivity contribution is 0.776. The maximum absolute atomic E-state index is 12.4. The van der Waals surface area contributed by atoms with Crippen LogP contribution in [-0.2, 0) is 13.6 Å². The second-order valence-electron chi connectivity index (χ2n) is 7.90. The summed E-state index contributed by atoms with van der Waals surface area (Å²) in [5.74, 6) is 0. The van der Waals surface area contributed by atoms with Crippen molar-refractivity contribution in [2.24, 2.45) is 12.8 Å². The number of rotatable bonds is 3. The van der Waals surface area contributed by atoms with E-state index in [1.165, 1.54) is 0 Å². The minimum Gasteiger partial charge on any atom is -0.325 e. The molecule has 0 saturated heterocycles. The van der Waals surface area contributed by atoms with Crippen molar-refractivity contribution < 1.29 is 0 Å². The van der Waals surface area contributed by atoms with Crippen LogP contribution >= 0.6 is 11.6 Å². The topological polar surface area (TPSA) is 113 Å². The largest absolute Gasteiger partial charge is 0.325 e. The van der Waals surface area contributed by atoms with E-state index in [9.17, 15) is 10.1 Å². The number of aryl methyl sites for hydroxylation is 2. The quantitative estimate of drug-likeness (QED) is 0.418. The lowest BCUT2D eigenvalue weighted by Gasteiger charge is -2.14. The molecule has 0 aliphatic heterocycles. The molecule has 0 spiro atoms. The smallest absolute Gasteiger partial charge is 0.272 e. The van der Waals surface area contributed by atoms with Gasteiger partial charge in [-0.3, -0.25) is 9.48 Å². The maximum atomic E-state index is 12.4. The Morgan fingerprint density at radius 3 is 2.76 bits per heavy atom. The van der Waals surface area contributed by atoms with Crippen molar-refractivity contribution in [3.8, 4) is 28.5 Å². The minimum atomic E-state index is -0.262. The Morgan fingerprint density at radius 1 is 1.21 bits per heavy atom. The third kappa shape index (κ3) is 3.20. The Balaban J connectivity index is 1.85. The van der Waals surface area contributed by atoms with E-state index in [0.717, 1.165) is 27.5 Å². The zero-order valence-corrected chi connectivity index (χ0v) is 18.7. The summed E-state index contributed by atoms with van der Waals surface area (Å²) < 4.78 is 1.71. The number of hydrogen-bond acceptors (Lipinski definition) is 5. The van der Waals surface area contributed by atoms with Crippen molar-refractivity contribution in [1.29, 1.82) is 5.26 Å². The third-order valence-corrected chi connectivity index (χ3v) is 6.34. The molecule has 0 aliphatic rings. The standard InChI is InChI=1S/C25H19ClN6O/c1-13-7-15(9-18-20(11-28)30-31-25(33)21(13)18)19-12-29-32(2)24(19)22-16(10-27)8-14-5-3-4-6-17(14)23(22)26/h3-9,12H,11,28H2,1-2H3,(H,31,33). The summed E-state index contributed by atoms with van der Waals surface area (Å²) >= 11 is 6.88. The van der Waals surface area contributed by atoms with Crippen molar-refractivity contribution in [2.75, 3.05) is 0 Å². The van der Waals surface area contributed by atoms with Crippen molar-refractivity contribution >= 4 is 33.1 Å². The van der Waals surface area contributed by atoms with Crippen LogP contribution in [0.1, 0.15) is 16.8 Å². The highest BCUT2D eigenvalue weighted by Crippen LogP contribution is 2.42. The molecule has 0 aliphatic carbocycles. The molecule has 0 amide bonds. The van der Waals surface area contributed by atoms with Crippen LogP contribution in [0.25, 0.3) is 43.9 Å². The number of nitrogens with zero attached hydrogens (tertiary/aromatic N) is 4. The molecule has 5 rings (SSSR count). The van der Waals surface area contributed by atoms with Gasteiger partial charge in [-0.25, -0.2) is 5.10 Å². The molecule has 3 aromatic carbocycles. The molecular weight excluding hydrogens is 436 g/mol. The molecule has 0 unspecified atom stereocenters. The van der Waals surface area contributed by atoms with E-state index < -0.39 is 0 Å². The summed E-state index contributed by atoms with van der Waals surface area (Å²) in [6.45, 7) is 2.06. The van der Waals surface area contributed by atoms with Gasteiger partial charge in [0.05, 0.1) is 39.6 Å². The second kappa shape index (κ2) is 7.85. The first-order chi connectivity index (χ1) is 15.9. The predicted molar refractivity (Wildman–Crippen MR) is 130 cm³/mol. The van der Waals surface area contributed by atoms with Gasteiger partial charge in [-0.15, -0.1) is 0 Å². The van der Waals surface area contributed by atoms with Gasteiger partial charge in [0.15, 0.2) is 0 Å². The van der Waals surface area contributed by atoms with Gasteiger partial charge in [0, 0.05) is 35.5 Å². The highest BCUT2D eigenvalue weighted by atomic mass is 35.5. The maximum Gasteiger partial charge on any atom is 0.272 e. The summed E-state index contributed by atoms with van der Waals surface area (Å²) in [6.07, 6.45) is 1.74. The molecule has 5 aromatic rings. The van der Waals surface area contributed by atoms with Crippen LogP contribution in [0, 0.1) is 18.3 Å². The molecule has 2 heterocycles. The van der Waals surface area contributed by atoms with Gasteiger partial charge in [-0.1, -0.05) is 41.9 Å². The zero-order valence-electron chi connectivity index (χ0n) is 18.0. The zero-order chi connectivity index (χ0) is 23.3. The van der Waals surface area contributed by atoms with Crippen LogP contribution in [0.3, 0.4) is 0 Å². The van der Waals surface area contributed by atoms with E-state index in [2.05, 4.69) is 21.4 Å². The Bertz CT molecular complexity index is 1680. The summed E-state index contributed by atoms with van der Waals surface area (Å²) in [6, 6.07) is 15.7. The second-order valence-corrected chi connectivity index (χ2v) is 8.27. The number of benzene rings is 3. The fraction of sp³-hybridized carbons (Fsp3) is 0.120. The molecule has 7 nitrogen and oxygen atoms in total. The number of nitrogens with one attached hydrogen (secondary N) is 1. The normalized spacial score (nSPS) is 11.2. The first kappa shape index (κ1) is 20.9.